The summed E-state index contributed by atoms with van der Waals surface area (Å²) in [6, 6.07) is 0. The summed E-state index contributed by atoms with van der Waals surface area (Å²) in [7, 11) is 0. The van der Waals surface area contributed by atoms with Gasteiger partial charge in [0.05, 0.1) is 12.2 Å². The van der Waals surface area contributed by atoms with Gasteiger partial charge in [-0.05, 0) is 12.3 Å². The Bertz CT molecular complexity index is 181. The minimum atomic E-state index is -1.10. The largest absolute Gasteiger partial charge is 0.388 e. The van der Waals surface area contributed by atoms with Crippen LogP contribution in [0.25, 0.3) is 0 Å². The van der Waals surface area contributed by atoms with Crippen molar-refractivity contribution in [3.05, 3.63) is 0 Å². The lowest BCUT2D eigenvalue weighted by atomic mass is 9.89. The van der Waals surface area contributed by atoms with Gasteiger partial charge < -0.3 is 20.1 Å². The highest BCUT2D eigenvalue weighted by Crippen LogP contribution is 2.26. The molecule has 0 spiro atoms. The average Bonchev–Trinajstić information content (AvgIpc) is 2.14. The maximum atomic E-state index is 9.66. The summed E-state index contributed by atoms with van der Waals surface area (Å²) in [5, 5.41) is 28.8. The van der Waals surface area contributed by atoms with Gasteiger partial charge in [0.2, 0.25) is 0 Å². The normalized spacial score (nSPS) is 44.4. The first-order valence-electron chi connectivity index (χ1n) is 5.18. The Morgan fingerprint density at radius 2 is 1.64 bits per heavy atom. The molecule has 1 aliphatic heterocycles. The SMILES string of the molecule is CCC1O[C@@H](C(C)C)C(O)C(O)[C@H]1O. The van der Waals surface area contributed by atoms with Gasteiger partial charge in [-0.25, -0.2) is 0 Å². The van der Waals surface area contributed by atoms with Crippen LogP contribution in [0.5, 0.6) is 0 Å². The van der Waals surface area contributed by atoms with Crippen molar-refractivity contribution >= 4 is 0 Å². The third-order valence-electron chi connectivity index (χ3n) is 2.81. The Balaban J connectivity index is 2.73. The minimum absolute atomic E-state index is 0.126. The Labute approximate surface area is 84.5 Å². The number of aliphatic hydroxyl groups excluding tert-OH is 3. The molecule has 0 aromatic heterocycles. The second-order valence-electron chi connectivity index (χ2n) is 4.26. The second kappa shape index (κ2) is 4.57. The summed E-state index contributed by atoms with van der Waals surface area (Å²) in [5.74, 6) is 0.126. The van der Waals surface area contributed by atoms with E-state index < -0.39 is 24.4 Å². The smallest absolute Gasteiger partial charge is 0.111 e. The summed E-state index contributed by atoms with van der Waals surface area (Å²) in [4.78, 5) is 0. The van der Waals surface area contributed by atoms with Crippen molar-refractivity contribution in [2.45, 2.75) is 57.7 Å². The Hall–Kier alpha value is -0.160. The van der Waals surface area contributed by atoms with Crippen LogP contribution in [-0.2, 0) is 4.74 Å². The number of hydrogen-bond acceptors (Lipinski definition) is 4. The van der Waals surface area contributed by atoms with Crippen molar-refractivity contribution in [1.82, 2.24) is 0 Å². The summed E-state index contributed by atoms with van der Waals surface area (Å²) in [5.41, 5.74) is 0. The molecule has 0 aromatic rings. The molecule has 0 aromatic carbocycles. The maximum absolute atomic E-state index is 9.66. The molecule has 4 heteroatoms. The molecule has 1 fully saturated rings. The molecule has 1 rings (SSSR count). The number of ether oxygens (including phenoxy) is 1. The zero-order valence-corrected chi connectivity index (χ0v) is 8.92. The molecule has 3 unspecified atom stereocenters. The van der Waals surface area contributed by atoms with Crippen molar-refractivity contribution in [2.24, 2.45) is 5.92 Å². The monoisotopic (exact) mass is 204 g/mol. The highest BCUT2D eigenvalue weighted by atomic mass is 16.5. The van der Waals surface area contributed by atoms with Crippen molar-refractivity contribution in [3.8, 4) is 0 Å². The van der Waals surface area contributed by atoms with Crippen LogP contribution in [0.1, 0.15) is 27.2 Å². The molecule has 5 atom stereocenters. The molecule has 0 amide bonds. The highest BCUT2D eigenvalue weighted by Gasteiger charge is 2.43. The lowest BCUT2D eigenvalue weighted by Crippen LogP contribution is -2.58. The number of hydrogen-bond donors (Lipinski definition) is 3. The van der Waals surface area contributed by atoms with Crippen molar-refractivity contribution < 1.29 is 20.1 Å². The molecule has 0 radical (unpaired) electrons. The first-order chi connectivity index (χ1) is 6.49. The molecule has 0 aliphatic carbocycles. The molecular weight excluding hydrogens is 184 g/mol. The molecule has 14 heavy (non-hydrogen) atoms. The van der Waals surface area contributed by atoms with E-state index in [1.165, 1.54) is 0 Å². The van der Waals surface area contributed by atoms with Gasteiger partial charge in [-0.3, -0.25) is 0 Å². The van der Waals surface area contributed by atoms with Gasteiger partial charge in [0.1, 0.15) is 18.3 Å². The van der Waals surface area contributed by atoms with Crippen LogP contribution in [0.3, 0.4) is 0 Å². The van der Waals surface area contributed by atoms with Gasteiger partial charge >= 0.3 is 0 Å². The van der Waals surface area contributed by atoms with E-state index in [4.69, 9.17) is 4.74 Å². The molecule has 0 bridgehead atoms. The van der Waals surface area contributed by atoms with E-state index in [-0.39, 0.29) is 12.0 Å². The molecule has 1 saturated heterocycles. The van der Waals surface area contributed by atoms with E-state index >= 15 is 0 Å². The lowest BCUT2D eigenvalue weighted by molar-refractivity contribution is -0.232. The molecule has 1 heterocycles. The van der Waals surface area contributed by atoms with E-state index in [0.717, 1.165) is 0 Å². The van der Waals surface area contributed by atoms with Crippen molar-refractivity contribution in [2.75, 3.05) is 0 Å². The van der Waals surface area contributed by atoms with Gasteiger partial charge in [-0.1, -0.05) is 20.8 Å². The third kappa shape index (κ3) is 2.08. The van der Waals surface area contributed by atoms with Crippen molar-refractivity contribution in [3.63, 3.8) is 0 Å². The topological polar surface area (TPSA) is 69.9 Å². The predicted molar refractivity (Wildman–Crippen MR) is 51.8 cm³/mol. The molecule has 0 saturated carbocycles. The molecule has 1 aliphatic rings. The summed E-state index contributed by atoms with van der Waals surface area (Å²) >= 11 is 0. The molecule has 3 N–H and O–H groups in total. The first-order valence-corrected chi connectivity index (χ1v) is 5.18. The fourth-order valence-corrected chi connectivity index (χ4v) is 1.87. The van der Waals surface area contributed by atoms with Crippen LogP contribution >= 0.6 is 0 Å². The summed E-state index contributed by atoms with van der Waals surface area (Å²) in [6.07, 6.45) is -3.20. The zero-order chi connectivity index (χ0) is 10.9. The Kier molecular flexibility index (Phi) is 3.89. The van der Waals surface area contributed by atoms with Gasteiger partial charge in [0.25, 0.3) is 0 Å². The van der Waals surface area contributed by atoms with E-state index in [1.54, 1.807) is 0 Å². The minimum Gasteiger partial charge on any atom is -0.388 e. The zero-order valence-electron chi connectivity index (χ0n) is 8.92. The standard InChI is InChI=1S/C10H20O4/c1-4-6-7(11)8(12)9(13)10(14-6)5(2)3/h5-13H,4H2,1-3H3/t6?,7-,8?,9?,10-/m0/s1. The van der Waals surface area contributed by atoms with Crippen LogP contribution in [0.4, 0.5) is 0 Å². The predicted octanol–water partition coefficient (Wildman–Crippen LogP) is -0.0975. The van der Waals surface area contributed by atoms with E-state index in [1.807, 2.05) is 20.8 Å². The maximum Gasteiger partial charge on any atom is 0.111 e. The third-order valence-corrected chi connectivity index (χ3v) is 2.81. The average molecular weight is 204 g/mol. The van der Waals surface area contributed by atoms with Gasteiger partial charge in [0, 0.05) is 0 Å². The van der Waals surface area contributed by atoms with E-state index in [0.29, 0.717) is 6.42 Å². The lowest BCUT2D eigenvalue weighted by Gasteiger charge is -2.42. The van der Waals surface area contributed by atoms with Crippen molar-refractivity contribution in [1.29, 1.82) is 0 Å². The Morgan fingerprint density at radius 3 is 2.07 bits per heavy atom. The van der Waals surface area contributed by atoms with E-state index in [2.05, 4.69) is 0 Å². The summed E-state index contributed by atoms with van der Waals surface area (Å²) in [6.45, 7) is 5.73. The summed E-state index contributed by atoms with van der Waals surface area (Å²) < 4.78 is 5.53. The van der Waals surface area contributed by atoms with Gasteiger partial charge in [0.15, 0.2) is 0 Å². The number of rotatable bonds is 2. The molecular formula is C10H20O4. The first kappa shape index (κ1) is 11.9. The second-order valence-corrected chi connectivity index (χ2v) is 4.26. The van der Waals surface area contributed by atoms with E-state index in [9.17, 15) is 15.3 Å². The van der Waals surface area contributed by atoms with Crippen LogP contribution in [0.15, 0.2) is 0 Å². The van der Waals surface area contributed by atoms with Crippen LogP contribution < -0.4 is 0 Å². The van der Waals surface area contributed by atoms with Crippen LogP contribution in [0, 0.1) is 5.92 Å². The molecule has 84 valence electrons. The highest BCUT2D eigenvalue weighted by molar-refractivity contribution is 4.92. The molecule has 4 nitrogen and oxygen atoms in total. The van der Waals surface area contributed by atoms with Crippen LogP contribution in [0.2, 0.25) is 0 Å². The Morgan fingerprint density at radius 1 is 1.07 bits per heavy atom. The number of aliphatic hydroxyl groups is 3. The fraction of sp³-hybridized carbons (Fsp3) is 1.00. The van der Waals surface area contributed by atoms with Crippen LogP contribution in [-0.4, -0.2) is 45.8 Å². The fourth-order valence-electron chi connectivity index (χ4n) is 1.87. The van der Waals surface area contributed by atoms with Gasteiger partial charge in [-0.15, -0.1) is 0 Å². The van der Waals surface area contributed by atoms with Gasteiger partial charge in [-0.2, -0.15) is 0 Å². The quantitative estimate of drug-likeness (QED) is 0.587.